The summed E-state index contributed by atoms with van der Waals surface area (Å²) in [6, 6.07) is 7.34. The Kier molecular flexibility index (Phi) is 3.57. The van der Waals surface area contributed by atoms with Crippen LogP contribution in [0.2, 0.25) is 0 Å². The van der Waals surface area contributed by atoms with Gasteiger partial charge in [-0.2, -0.15) is 4.98 Å². The maximum atomic E-state index is 11.9. The number of hydrogen-bond donors (Lipinski definition) is 0. The highest BCUT2D eigenvalue weighted by atomic mass is 16.4. The number of benzene rings is 1. The van der Waals surface area contributed by atoms with Gasteiger partial charge in [-0.1, -0.05) is 24.3 Å². The van der Waals surface area contributed by atoms with E-state index < -0.39 is 0 Å². The second kappa shape index (κ2) is 5.31. The highest BCUT2D eigenvalue weighted by Gasteiger charge is 2.11. The van der Waals surface area contributed by atoms with E-state index in [2.05, 4.69) is 18.1 Å². The average molecular weight is 242 g/mol. The molecule has 0 spiro atoms. The summed E-state index contributed by atoms with van der Waals surface area (Å²) in [5, 5.41) is 0.485. The van der Waals surface area contributed by atoms with Gasteiger partial charge in [0.15, 0.2) is 0 Å². The molecule has 1 aromatic carbocycles. The normalized spacial score (nSPS) is 10.2. The smallest absolute Gasteiger partial charge is 0.301 e. The molecule has 0 amide bonds. The molecule has 0 unspecified atom stereocenters. The number of para-hydroxylation sites is 1. The molecule has 2 rings (SSSR count). The third-order valence-corrected chi connectivity index (χ3v) is 2.49. The van der Waals surface area contributed by atoms with Gasteiger partial charge in [-0.15, -0.1) is 13.2 Å². The molecule has 1 aromatic heterocycles. The first-order valence-corrected chi connectivity index (χ1v) is 5.63. The molecular formula is C14H14N2O2. The summed E-state index contributed by atoms with van der Waals surface area (Å²) in [6.07, 6.45) is 3.45. The summed E-state index contributed by atoms with van der Waals surface area (Å²) < 4.78 is 5.63. The standard InChI is InChI=1S/C14H14N2O2/c1-3-9-16(10-4-2)14-15-13(17)11-7-5-6-8-12(11)18-14/h3-8H,1-2,9-10H2. The zero-order valence-corrected chi connectivity index (χ0v) is 10.0. The van der Waals surface area contributed by atoms with E-state index in [9.17, 15) is 4.79 Å². The lowest BCUT2D eigenvalue weighted by Crippen LogP contribution is -2.26. The Morgan fingerprint density at radius 2 is 1.89 bits per heavy atom. The maximum absolute atomic E-state index is 11.9. The molecule has 18 heavy (non-hydrogen) atoms. The molecule has 0 fully saturated rings. The second-order valence-electron chi connectivity index (χ2n) is 3.78. The van der Waals surface area contributed by atoms with Crippen molar-refractivity contribution in [2.24, 2.45) is 0 Å². The lowest BCUT2D eigenvalue weighted by Gasteiger charge is -2.17. The van der Waals surface area contributed by atoms with E-state index in [0.29, 0.717) is 30.1 Å². The Morgan fingerprint density at radius 3 is 2.56 bits per heavy atom. The molecule has 0 saturated heterocycles. The molecule has 2 aromatic rings. The summed E-state index contributed by atoms with van der Waals surface area (Å²) in [6.45, 7) is 8.42. The number of anilines is 1. The van der Waals surface area contributed by atoms with Gasteiger partial charge in [0.1, 0.15) is 5.58 Å². The van der Waals surface area contributed by atoms with Crippen molar-refractivity contribution in [2.45, 2.75) is 0 Å². The lowest BCUT2D eigenvalue weighted by atomic mass is 10.2. The van der Waals surface area contributed by atoms with E-state index in [4.69, 9.17) is 4.42 Å². The molecule has 4 heteroatoms. The van der Waals surface area contributed by atoms with Gasteiger partial charge in [-0.05, 0) is 12.1 Å². The van der Waals surface area contributed by atoms with Crippen LogP contribution in [-0.4, -0.2) is 18.1 Å². The Hall–Kier alpha value is -2.36. The minimum Gasteiger partial charge on any atom is -0.425 e. The topological polar surface area (TPSA) is 46.3 Å². The largest absolute Gasteiger partial charge is 0.425 e. The second-order valence-corrected chi connectivity index (χ2v) is 3.78. The number of aromatic nitrogens is 1. The molecule has 0 N–H and O–H groups in total. The van der Waals surface area contributed by atoms with Crippen molar-refractivity contribution >= 4 is 17.0 Å². The highest BCUT2D eigenvalue weighted by Crippen LogP contribution is 2.16. The zero-order valence-electron chi connectivity index (χ0n) is 10.0. The van der Waals surface area contributed by atoms with Crippen LogP contribution in [0.4, 0.5) is 6.01 Å². The molecule has 4 nitrogen and oxygen atoms in total. The van der Waals surface area contributed by atoms with E-state index in [0.717, 1.165) is 0 Å². The fourth-order valence-corrected chi connectivity index (χ4v) is 1.68. The van der Waals surface area contributed by atoms with Gasteiger partial charge in [0.25, 0.3) is 5.56 Å². The van der Waals surface area contributed by atoms with Crippen molar-refractivity contribution in [1.29, 1.82) is 0 Å². The Balaban J connectivity index is 2.53. The Labute approximate surface area is 105 Å². The molecule has 0 aliphatic carbocycles. The van der Waals surface area contributed by atoms with Gasteiger partial charge < -0.3 is 9.32 Å². The summed E-state index contributed by atoms with van der Waals surface area (Å²) in [5.74, 6) is 0. The predicted octanol–water partition coefficient (Wildman–Crippen LogP) is 2.37. The van der Waals surface area contributed by atoms with Crippen LogP contribution in [0.25, 0.3) is 11.0 Å². The molecule has 1 heterocycles. The van der Waals surface area contributed by atoms with Crippen LogP contribution in [0.1, 0.15) is 0 Å². The van der Waals surface area contributed by atoms with Crippen molar-refractivity contribution in [2.75, 3.05) is 18.0 Å². The fraction of sp³-hybridized carbons (Fsp3) is 0.143. The van der Waals surface area contributed by atoms with E-state index in [1.807, 2.05) is 6.07 Å². The van der Waals surface area contributed by atoms with Crippen molar-refractivity contribution in [1.82, 2.24) is 4.98 Å². The fourth-order valence-electron chi connectivity index (χ4n) is 1.68. The first-order chi connectivity index (χ1) is 8.76. The molecule has 0 aliphatic rings. The minimum absolute atomic E-state index is 0.287. The third-order valence-electron chi connectivity index (χ3n) is 2.49. The summed E-state index contributed by atoms with van der Waals surface area (Å²) in [4.78, 5) is 17.6. The maximum Gasteiger partial charge on any atom is 0.301 e. The van der Waals surface area contributed by atoms with Crippen LogP contribution in [0.15, 0.2) is 58.8 Å². The molecular weight excluding hydrogens is 228 g/mol. The first-order valence-electron chi connectivity index (χ1n) is 5.63. The number of fused-ring (bicyclic) bond motifs is 1. The van der Waals surface area contributed by atoms with E-state index in [1.54, 1.807) is 35.3 Å². The lowest BCUT2D eigenvalue weighted by molar-refractivity contribution is 0.561. The van der Waals surface area contributed by atoms with Crippen LogP contribution in [-0.2, 0) is 0 Å². The number of hydrogen-bond acceptors (Lipinski definition) is 4. The van der Waals surface area contributed by atoms with Gasteiger partial charge in [-0.25, -0.2) is 0 Å². The molecule has 0 saturated carbocycles. The molecule has 0 radical (unpaired) electrons. The van der Waals surface area contributed by atoms with E-state index >= 15 is 0 Å². The monoisotopic (exact) mass is 242 g/mol. The van der Waals surface area contributed by atoms with Gasteiger partial charge >= 0.3 is 6.01 Å². The van der Waals surface area contributed by atoms with E-state index in [1.165, 1.54) is 0 Å². The minimum atomic E-state index is -0.287. The number of rotatable bonds is 5. The van der Waals surface area contributed by atoms with Crippen LogP contribution >= 0.6 is 0 Å². The van der Waals surface area contributed by atoms with Crippen LogP contribution < -0.4 is 10.5 Å². The van der Waals surface area contributed by atoms with E-state index in [-0.39, 0.29) is 5.56 Å². The number of nitrogens with zero attached hydrogens (tertiary/aromatic N) is 2. The summed E-state index contributed by atoms with van der Waals surface area (Å²) >= 11 is 0. The van der Waals surface area contributed by atoms with Gasteiger partial charge in [0.05, 0.1) is 5.39 Å². The van der Waals surface area contributed by atoms with Gasteiger partial charge in [0.2, 0.25) is 0 Å². The molecule has 0 aliphatic heterocycles. The van der Waals surface area contributed by atoms with Crippen LogP contribution in [0, 0.1) is 0 Å². The average Bonchev–Trinajstić information content (AvgIpc) is 2.38. The highest BCUT2D eigenvalue weighted by molar-refractivity contribution is 5.75. The third kappa shape index (κ3) is 2.32. The predicted molar refractivity (Wildman–Crippen MR) is 72.9 cm³/mol. The summed E-state index contributed by atoms with van der Waals surface area (Å²) in [7, 11) is 0. The molecule has 0 bridgehead atoms. The van der Waals surface area contributed by atoms with Gasteiger partial charge in [-0.3, -0.25) is 4.79 Å². The SMILES string of the molecule is C=CCN(CC=C)c1nc(=O)c2ccccc2o1. The molecule has 92 valence electrons. The summed E-state index contributed by atoms with van der Waals surface area (Å²) in [5.41, 5.74) is 0.246. The zero-order chi connectivity index (χ0) is 13.0. The van der Waals surface area contributed by atoms with Gasteiger partial charge in [0, 0.05) is 13.1 Å². The Morgan fingerprint density at radius 1 is 1.22 bits per heavy atom. The van der Waals surface area contributed by atoms with Crippen LogP contribution in [0.5, 0.6) is 0 Å². The van der Waals surface area contributed by atoms with Crippen molar-refractivity contribution < 1.29 is 4.42 Å². The van der Waals surface area contributed by atoms with Crippen molar-refractivity contribution in [3.8, 4) is 0 Å². The first kappa shape index (κ1) is 12.1. The molecule has 0 atom stereocenters. The quantitative estimate of drug-likeness (QED) is 0.755. The Bertz CT molecular complexity index is 621. The van der Waals surface area contributed by atoms with Crippen LogP contribution in [0.3, 0.4) is 0 Å². The van der Waals surface area contributed by atoms with Crippen molar-refractivity contribution in [3.63, 3.8) is 0 Å². The van der Waals surface area contributed by atoms with Crippen molar-refractivity contribution in [3.05, 3.63) is 59.9 Å².